The number of halogens is 5. The zero-order valence-corrected chi connectivity index (χ0v) is 8.64. The van der Waals surface area contributed by atoms with Gasteiger partial charge in [0.15, 0.2) is 0 Å². The van der Waals surface area contributed by atoms with Crippen LogP contribution in [0.15, 0.2) is 0 Å². The molecule has 1 unspecified atom stereocenters. The summed E-state index contributed by atoms with van der Waals surface area (Å²) >= 11 is 0. The maximum atomic E-state index is 11.8. The van der Waals surface area contributed by atoms with Crippen LogP contribution in [0.3, 0.4) is 0 Å². The molecule has 4 nitrogen and oxygen atoms in total. The van der Waals surface area contributed by atoms with Gasteiger partial charge in [-0.2, -0.15) is 13.2 Å². The predicted octanol–water partition coefficient (Wildman–Crippen LogP) is 0.698. The molecule has 0 aliphatic rings. The van der Waals surface area contributed by atoms with Crippen LogP contribution in [0.25, 0.3) is 0 Å². The van der Waals surface area contributed by atoms with Gasteiger partial charge in [0.05, 0.1) is 6.61 Å². The van der Waals surface area contributed by atoms with Crippen molar-refractivity contribution < 1.29 is 36.6 Å². The van der Waals surface area contributed by atoms with E-state index in [9.17, 15) is 26.7 Å². The summed E-state index contributed by atoms with van der Waals surface area (Å²) in [6.07, 6.45) is -9.85. The van der Waals surface area contributed by atoms with Gasteiger partial charge in [-0.05, 0) is 0 Å². The summed E-state index contributed by atoms with van der Waals surface area (Å²) in [7, 11) is 0. The van der Waals surface area contributed by atoms with E-state index in [0.29, 0.717) is 0 Å². The van der Waals surface area contributed by atoms with Crippen molar-refractivity contribution in [2.24, 2.45) is 0 Å². The molecule has 0 saturated heterocycles. The quantitative estimate of drug-likeness (QED) is 0.526. The lowest BCUT2D eigenvalue weighted by molar-refractivity contribution is -0.174. The third-order valence-corrected chi connectivity index (χ3v) is 1.54. The van der Waals surface area contributed by atoms with Crippen LogP contribution >= 0.6 is 0 Å². The van der Waals surface area contributed by atoms with E-state index in [0.717, 1.165) is 0 Å². The second-order valence-electron chi connectivity index (χ2n) is 3.12. The number of carbonyl (C=O) groups is 1. The molecule has 2 N–H and O–H groups in total. The van der Waals surface area contributed by atoms with Crippen molar-refractivity contribution in [1.82, 2.24) is 5.32 Å². The molecule has 17 heavy (non-hydrogen) atoms. The Morgan fingerprint density at radius 3 is 2.41 bits per heavy atom. The van der Waals surface area contributed by atoms with Crippen LogP contribution < -0.4 is 5.32 Å². The van der Waals surface area contributed by atoms with Crippen LogP contribution in [0.5, 0.6) is 0 Å². The maximum Gasteiger partial charge on any atom is 0.411 e. The molecule has 9 heteroatoms. The molecule has 1 atom stereocenters. The second-order valence-corrected chi connectivity index (χ2v) is 3.12. The van der Waals surface area contributed by atoms with Crippen molar-refractivity contribution in [2.45, 2.75) is 25.1 Å². The van der Waals surface area contributed by atoms with Crippen LogP contribution in [0.4, 0.5) is 22.0 Å². The smallest absolute Gasteiger partial charge is 0.385 e. The van der Waals surface area contributed by atoms with Gasteiger partial charge in [0.1, 0.15) is 12.7 Å². The van der Waals surface area contributed by atoms with E-state index in [1.54, 1.807) is 0 Å². The number of nitrogens with one attached hydrogen (secondary N) is 1. The van der Waals surface area contributed by atoms with Crippen molar-refractivity contribution in [3.63, 3.8) is 0 Å². The lowest BCUT2D eigenvalue weighted by atomic mass is 10.3. The molecule has 0 radical (unpaired) electrons. The number of aliphatic hydroxyl groups is 1. The predicted molar refractivity (Wildman–Crippen MR) is 46.5 cm³/mol. The first-order chi connectivity index (χ1) is 7.72. The third kappa shape index (κ3) is 9.94. The van der Waals surface area contributed by atoms with Gasteiger partial charge in [0, 0.05) is 13.0 Å². The molecule has 0 aromatic carbocycles. The standard InChI is InChI=1S/C8H12F5NO3/c9-7(10)5(15)3-14-6(16)1-2-17-4-8(11,12)13/h5,7,15H,1-4H2,(H,14,16). The van der Waals surface area contributed by atoms with Crippen LogP contribution in [-0.2, 0) is 9.53 Å². The fraction of sp³-hybridized carbons (Fsp3) is 0.875. The van der Waals surface area contributed by atoms with Crippen LogP contribution in [0, 0.1) is 0 Å². The molecule has 0 aromatic rings. The van der Waals surface area contributed by atoms with Crippen molar-refractivity contribution in [3.05, 3.63) is 0 Å². The highest BCUT2D eigenvalue weighted by Crippen LogP contribution is 2.14. The van der Waals surface area contributed by atoms with E-state index in [-0.39, 0.29) is 0 Å². The number of carbonyl (C=O) groups excluding carboxylic acids is 1. The Morgan fingerprint density at radius 2 is 1.94 bits per heavy atom. The topological polar surface area (TPSA) is 58.6 Å². The van der Waals surface area contributed by atoms with Crippen LogP contribution in [-0.4, -0.2) is 49.5 Å². The van der Waals surface area contributed by atoms with E-state index in [1.165, 1.54) is 0 Å². The summed E-state index contributed by atoms with van der Waals surface area (Å²) < 4.78 is 62.4. The molecule has 0 heterocycles. The number of aliphatic hydroxyl groups excluding tert-OH is 1. The number of amides is 1. The van der Waals surface area contributed by atoms with Gasteiger partial charge in [0.2, 0.25) is 5.91 Å². The van der Waals surface area contributed by atoms with Crippen LogP contribution in [0.1, 0.15) is 6.42 Å². The van der Waals surface area contributed by atoms with Gasteiger partial charge >= 0.3 is 6.18 Å². The lowest BCUT2D eigenvalue weighted by Gasteiger charge is -2.11. The molecule has 0 rings (SSSR count). The molecular formula is C8H12F5NO3. The molecule has 0 aromatic heterocycles. The SMILES string of the molecule is O=C(CCOCC(F)(F)F)NCC(O)C(F)F. The molecule has 102 valence electrons. The molecule has 0 aliphatic heterocycles. The van der Waals surface area contributed by atoms with Gasteiger partial charge < -0.3 is 15.2 Å². The Kier molecular flexibility index (Phi) is 6.97. The second kappa shape index (κ2) is 7.38. The van der Waals surface area contributed by atoms with Gasteiger partial charge in [0.25, 0.3) is 6.43 Å². The average Bonchev–Trinajstić information content (AvgIpc) is 2.19. The van der Waals surface area contributed by atoms with E-state index >= 15 is 0 Å². The van der Waals surface area contributed by atoms with Crippen LogP contribution in [0.2, 0.25) is 0 Å². The summed E-state index contributed by atoms with van der Waals surface area (Å²) in [6, 6.07) is 0. The zero-order valence-electron chi connectivity index (χ0n) is 8.64. The summed E-state index contributed by atoms with van der Waals surface area (Å²) in [4.78, 5) is 10.9. The molecule has 0 saturated carbocycles. The largest absolute Gasteiger partial charge is 0.411 e. The van der Waals surface area contributed by atoms with Gasteiger partial charge in [-0.25, -0.2) is 8.78 Å². The first-order valence-electron chi connectivity index (χ1n) is 4.60. The Hall–Kier alpha value is -0.960. The molecule has 0 bridgehead atoms. The Balaban J connectivity index is 3.54. The number of alkyl halides is 5. The van der Waals surface area contributed by atoms with Crippen molar-refractivity contribution in [1.29, 1.82) is 0 Å². The van der Waals surface area contributed by atoms with Crippen molar-refractivity contribution >= 4 is 5.91 Å². The minimum atomic E-state index is -4.47. The highest BCUT2D eigenvalue weighted by Gasteiger charge is 2.27. The van der Waals surface area contributed by atoms with E-state index in [4.69, 9.17) is 5.11 Å². The van der Waals surface area contributed by atoms with Gasteiger partial charge in [-0.1, -0.05) is 0 Å². The van der Waals surface area contributed by atoms with Crippen molar-refractivity contribution in [3.8, 4) is 0 Å². The summed E-state index contributed by atoms with van der Waals surface area (Å²) in [5.41, 5.74) is 0. The van der Waals surface area contributed by atoms with E-state index < -0.39 is 50.8 Å². The molecule has 0 fully saturated rings. The highest BCUT2D eigenvalue weighted by molar-refractivity contribution is 5.75. The normalized spacial score (nSPS) is 13.8. The first-order valence-corrected chi connectivity index (χ1v) is 4.60. The number of hydrogen-bond donors (Lipinski definition) is 2. The van der Waals surface area contributed by atoms with Crippen molar-refractivity contribution in [2.75, 3.05) is 19.8 Å². The Labute approximate surface area is 93.7 Å². The fourth-order valence-corrected chi connectivity index (χ4v) is 0.749. The van der Waals surface area contributed by atoms with E-state index in [1.807, 2.05) is 5.32 Å². The Morgan fingerprint density at radius 1 is 1.35 bits per heavy atom. The highest BCUT2D eigenvalue weighted by atomic mass is 19.4. The fourth-order valence-electron chi connectivity index (χ4n) is 0.749. The minimum absolute atomic E-state index is 0.397. The average molecular weight is 265 g/mol. The number of hydrogen-bond acceptors (Lipinski definition) is 3. The maximum absolute atomic E-state index is 11.8. The third-order valence-electron chi connectivity index (χ3n) is 1.54. The number of ether oxygens (including phenoxy) is 1. The summed E-state index contributed by atoms with van der Waals surface area (Å²) in [5, 5.41) is 10.5. The zero-order chi connectivity index (χ0) is 13.5. The molecule has 0 aliphatic carbocycles. The molecular weight excluding hydrogens is 253 g/mol. The molecule has 0 spiro atoms. The van der Waals surface area contributed by atoms with Gasteiger partial charge in [-0.3, -0.25) is 4.79 Å². The molecule has 1 amide bonds. The lowest BCUT2D eigenvalue weighted by Crippen LogP contribution is -2.36. The number of rotatable bonds is 7. The minimum Gasteiger partial charge on any atom is -0.385 e. The first kappa shape index (κ1) is 16.0. The van der Waals surface area contributed by atoms with Gasteiger partial charge in [-0.15, -0.1) is 0 Å². The monoisotopic (exact) mass is 265 g/mol. The summed E-state index contributed by atoms with van der Waals surface area (Å²) in [6.45, 7) is -2.61. The van der Waals surface area contributed by atoms with E-state index in [2.05, 4.69) is 4.74 Å². The summed E-state index contributed by atoms with van der Waals surface area (Å²) in [5.74, 6) is -0.771. The Bertz CT molecular complexity index is 234.